The summed E-state index contributed by atoms with van der Waals surface area (Å²) in [6.07, 6.45) is 2.47. The number of carbonyl (C=O) groups excluding carboxylic acids is 1. The van der Waals surface area contributed by atoms with Gasteiger partial charge in [-0.25, -0.2) is 0 Å². The molecule has 1 amide bonds. The smallest absolute Gasteiger partial charge is 0.242 e. The topological polar surface area (TPSA) is 49.3 Å². The molecule has 0 spiro atoms. The summed E-state index contributed by atoms with van der Waals surface area (Å²) in [5.41, 5.74) is 1.18. The number of nitrogens with zero attached hydrogens (tertiary/aromatic N) is 4. The van der Waals surface area contributed by atoms with Gasteiger partial charge in [0.15, 0.2) is 0 Å². The molecule has 0 bridgehead atoms. The zero-order valence-electron chi connectivity index (χ0n) is 12.3. The number of benzene rings is 1. The van der Waals surface area contributed by atoms with Crippen LogP contribution < -0.4 is 4.90 Å². The summed E-state index contributed by atoms with van der Waals surface area (Å²) >= 11 is 1.65. The van der Waals surface area contributed by atoms with Crippen molar-refractivity contribution in [1.29, 1.82) is 0 Å². The van der Waals surface area contributed by atoms with E-state index >= 15 is 0 Å². The van der Waals surface area contributed by atoms with Gasteiger partial charge < -0.3 is 9.80 Å². The summed E-state index contributed by atoms with van der Waals surface area (Å²) in [6, 6.07) is 10.1. The molecule has 0 N–H and O–H groups in total. The van der Waals surface area contributed by atoms with Crippen LogP contribution in [0.4, 0.5) is 5.13 Å². The van der Waals surface area contributed by atoms with Gasteiger partial charge in [0.25, 0.3) is 0 Å². The Morgan fingerprint density at radius 2 is 1.95 bits per heavy atom. The molecule has 1 saturated heterocycles. The molecule has 5 nitrogen and oxygen atoms in total. The van der Waals surface area contributed by atoms with Crippen LogP contribution in [0.15, 0.2) is 30.3 Å². The van der Waals surface area contributed by atoms with Gasteiger partial charge in [-0.3, -0.25) is 4.79 Å². The molecular formula is C16H18N4OS. The van der Waals surface area contributed by atoms with E-state index in [-0.39, 0.29) is 5.91 Å². The largest absolute Gasteiger partial charge is 0.336 e. The van der Waals surface area contributed by atoms with Crippen LogP contribution in [0.3, 0.4) is 0 Å². The summed E-state index contributed by atoms with van der Waals surface area (Å²) in [6.45, 7) is 2.67. The van der Waals surface area contributed by atoms with E-state index in [2.05, 4.69) is 27.2 Å². The first-order valence-electron chi connectivity index (χ1n) is 7.69. The highest BCUT2D eigenvalue weighted by molar-refractivity contribution is 7.15. The second-order valence-electron chi connectivity index (χ2n) is 5.92. The van der Waals surface area contributed by atoms with Gasteiger partial charge in [0.2, 0.25) is 11.0 Å². The molecule has 2 heterocycles. The molecule has 1 aromatic carbocycles. The van der Waals surface area contributed by atoms with Crippen molar-refractivity contribution in [2.24, 2.45) is 0 Å². The Bertz CT molecular complexity index is 668. The van der Waals surface area contributed by atoms with Crippen molar-refractivity contribution in [3.8, 4) is 0 Å². The van der Waals surface area contributed by atoms with Crippen LogP contribution in [0.2, 0.25) is 0 Å². The standard InChI is InChI=1S/C16H18N4OS/c21-14-11-20(16-18-17-15(22-16)13-6-7-13)9-8-19(14)10-12-4-2-1-3-5-12/h1-5,13H,6-11H2. The molecular weight excluding hydrogens is 296 g/mol. The first-order valence-corrected chi connectivity index (χ1v) is 8.51. The maximum absolute atomic E-state index is 12.4. The van der Waals surface area contributed by atoms with Crippen LogP contribution in [0.5, 0.6) is 0 Å². The van der Waals surface area contributed by atoms with Crippen LogP contribution in [0, 0.1) is 0 Å². The van der Waals surface area contributed by atoms with Gasteiger partial charge >= 0.3 is 0 Å². The summed E-state index contributed by atoms with van der Waals surface area (Å²) in [4.78, 5) is 16.4. The fourth-order valence-electron chi connectivity index (χ4n) is 2.69. The van der Waals surface area contributed by atoms with E-state index in [1.165, 1.54) is 18.4 Å². The molecule has 0 atom stereocenters. The Morgan fingerprint density at radius 3 is 2.68 bits per heavy atom. The van der Waals surface area contributed by atoms with E-state index in [0.717, 1.165) is 23.2 Å². The Labute approximate surface area is 133 Å². The van der Waals surface area contributed by atoms with Crippen molar-refractivity contribution >= 4 is 22.4 Å². The first kappa shape index (κ1) is 13.7. The van der Waals surface area contributed by atoms with Crippen molar-refractivity contribution in [2.45, 2.75) is 25.3 Å². The number of carbonyl (C=O) groups is 1. The van der Waals surface area contributed by atoms with E-state index < -0.39 is 0 Å². The predicted molar refractivity (Wildman–Crippen MR) is 86.0 cm³/mol. The zero-order valence-corrected chi connectivity index (χ0v) is 13.1. The van der Waals surface area contributed by atoms with Gasteiger partial charge in [0.05, 0.1) is 6.54 Å². The predicted octanol–water partition coefficient (Wildman–Crippen LogP) is 2.26. The summed E-state index contributed by atoms with van der Waals surface area (Å²) in [5.74, 6) is 0.791. The van der Waals surface area contributed by atoms with Crippen molar-refractivity contribution < 1.29 is 4.79 Å². The normalized spacial score (nSPS) is 18.8. The lowest BCUT2D eigenvalue weighted by atomic mass is 10.2. The monoisotopic (exact) mass is 314 g/mol. The second-order valence-corrected chi connectivity index (χ2v) is 6.91. The fraction of sp³-hybridized carbons (Fsp3) is 0.438. The van der Waals surface area contributed by atoms with Gasteiger partial charge in [-0.1, -0.05) is 41.7 Å². The molecule has 6 heteroatoms. The van der Waals surface area contributed by atoms with Gasteiger partial charge in [-0.2, -0.15) is 0 Å². The molecule has 22 heavy (non-hydrogen) atoms. The Balaban J connectivity index is 1.40. The van der Waals surface area contributed by atoms with Crippen LogP contribution in [0.25, 0.3) is 0 Å². The van der Waals surface area contributed by atoms with Crippen molar-refractivity contribution in [3.63, 3.8) is 0 Å². The lowest BCUT2D eigenvalue weighted by molar-refractivity contribution is -0.131. The van der Waals surface area contributed by atoms with E-state index in [1.807, 2.05) is 23.1 Å². The molecule has 1 saturated carbocycles. The Morgan fingerprint density at radius 1 is 1.14 bits per heavy atom. The Kier molecular flexibility index (Phi) is 3.54. The number of piperazine rings is 1. The molecule has 1 aliphatic heterocycles. The molecule has 2 fully saturated rings. The summed E-state index contributed by atoms with van der Waals surface area (Å²) in [7, 11) is 0. The highest BCUT2D eigenvalue weighted by Gasteiger charge is 2.30. The van der Waals surface area contributed by atoms with E-state index in [0.29, 0.717) is 19.0 Å². The third kappa shape index (κ3) is 2.83. The van der Waals surface area contributed by atoms with Gasteiger partial charge in [0, 0.05) is 25.6 Å². The maximum atomic E-state index is 12.4. The molecule has 0 unspecified atom stereocenters. The lowest BCUT2D eigenvalue weighted by Gasteiger charge is -2.34. The third-order valence-electron chi connectivity index (χ3n) is 4.16. The SMILES string of the molecule is O=C1CN(c2nnc(C3CC3)s2)CCN1Cc1ccccc1. The number of aromatic nitrogens is 2. The minimum atomic E-state index is 0.165. The average Bonchev–Trinajstić information content (AvgIpc) is 3.28. The summed E-state index contributed by atoms with van der Waals surface area (Å²) < 4.78 is 0. The molecule has 1 aliphatic carbocycles. The number of amides is 1. The maximum Gasteiger partial charge on any atom is 0.242 e. The van der Waals surface area contributed by atoms with Crippen LogP contribution in [0.1, 0.15) is 29.3 Å². The van der Waals surface area contributed by atoms with Gasteiger partial charge in [-0.15, -0.1) is 10.2 Å². The molecule has 114 valence electrons. The number of hydrogen-bond donors (Lipinski definition) is 0. The fourth-order valence-corrected chi connectivity index (χ4v) is 3.73. The zero-order chi connectivity index (χ0) is 14.9. The van der Waals surface area contributed by atoms with Crippen LogP contribution >= 0.6 is 11.3 Å². The lowest BCUT2D eigenvalue weighted by Crippen LogP contribution is -2.50. The molecule has 2 aliphatic rings. The first-order chi connectivity index (χ1) is 10.8. The minimum absolute atomic E-state index is 0.165. The highest BCUT2D eigenvalue weighted by Crippen LogP contribution is 2.42. The average molecular weight is 314 g/mol. The summed E-state index contributed by atoms with van der Waals surface area (Å²) in [5, 5.41) is 10.6. The van der Waals surface area contributed by atoms with Crippen LogP contribution in [-0.2, 0) is 11.3 Å². The second kappa shape index (κ2) is 5.68. The van der Waals surface area contributed by atoms with E-state index in [9.17, 15) is 4.79 Å². The number of hydrogen-bond acceptors (Lipinski definition) is 5. The highest BCUT2D eigenvalue weighted by atomic mass is 32.1. The molecule has 4 rings (SSSR count). The van der Waals surface area contributed by atoms with Crippen molar-refractivity contribution in [1.82, 2.24) is 15.1 Å². The van der Waals surface area contributed by atoms with E-state index in [4.69, 9.17) is 0 Å². The van der Waals surface area contributed by atoms with Crippen molar-refractivity contribution in [2.75, 3.05) is 24.5 Å². The van der Waals surface area contributed by atoms with E-state index in [1.54, 1.807) is 11.3 Å². The minimum Gasteiger partial charge on any atom is -0.336 e. The van der Waals surface area contributed by atoms with Crippen molar-refractivity contribution in [3.05, 3.63) is 40.9 Å². The molecule has 2 aromatic rings. The third-order valence-corrected chi connectivity index (χ3v) is 5.31. The molecule has 1 aromatic heterocycles. The number of rotatable bonds is 4. The quantitative estimate of drug-likeness (QED) is 0.868. The number of anilines is 1. The van der Waals surface area contributed by atoms with Gasteiger partial charge in [-0.05, 0) is 18.4 Å². The van der Waals surface area contributed by atoms with Gasteiger partial charge in [0.1, 0.15) is 5.01 Å². The Hall–Kier alpha value is -1.95. The van der Waals surface area contributed by atoms with Crippen LogP contribution in [-0.4, -0.2) is 40.6 Å². The molecule has 0 radical (unpaired) electrons.